The van der Waals surface area contributed by atoms with Gasteiger partial charge < -0.3 is 10.1 Å². The summed E-state index contributed by atoms with van der Waals surface area (Å²) in [5.41, 5.74) is 4.05. The molecule has 4 heteroatoms. The first kappa shape index (κ1) is 15.7. The van der Waals surface area contributed by atoms with Crippen molar-refractivity contribution in [2.24, 2.45) is 0 Å². The van der Waals surface area contributed by atoms with Crippen LogP contribution in [0.4, 0.5) is 5.69 Å². The molecule has 0 aliphatic carbocycles. The Morgan fingerprint density at radius 1 is 0.808 bits per heavy atom. The molecule has 0 bridgehead atoms. The van der Waals surface area contributed by atoms with Crippen molar-refractivity contribution in [2.75, 3.05) is 5.32 Å². The zero-order valence-electron chi connectivity index (χ0n) is 13.8. The highest BCUT2D eigenvalue weighted by Crippen LogP contribution is 2.40. The molecule has 0 atom stereocenters. The number of carbonyl (C=O) groups excluding carboxylic acids is 1. The van der Waals surface area contributed by atoms with Gasteiger partial charge in [-0.15, -0.1) is 0 Å². The Bertz CT molecular complexity index is 1060. The average Bonchev–Trinajstić information content (AvgIpc) is 2.69. The van der Waals surface area contributed by atoms with Crippen molar-refractivity contribution < 1.29 is 9.53 Å². The number of ether oxygens (including phenoxy) is 1. The Kier molecular flexibility index (Phi) is 3.97. The van der Waals surface area contributed by atoms with Crippen molar-refractivity contribution in [3.05, 3.63) is 90.0 Å². The number of benzene rings is 3. The normalized spacial score (nSPS) is 13.5. The molecule has 0 spiro atoms. The first-order valence-electron chi connectivity index (χ1n) is 8.15. The summed E-state index contributed by atoms with van der Waals surface area (Å²) in [7, 11) is 0. The third-order valence-electron chi connectivity index (χ3n) is 4.19. The van der Waals surface area contributed by atoms with Gasteiger partial charge in [0.05, 0.1) is 5.70 Å². The van der Waals surface area contributed by atoms with Gasteiger partial charge in [-0.25, -0.2) is 4.79 Å². The van der Waals surface area contributed by atoms with Gasteiger partial charge in [-0.2, -0.15) is 5.26 Å². The Morgan fingerprint density at radius 3 is 2.15 bits per heavy atom. The highest BCUT2D eigenvalue weighted by Gasteiger charge is 2.25. The molecule has 1 N–H and O–H groups in total. The third kappa shape index (κ3) is 2.72. The summed E-state index contributed by atoms with van der Waals surface area (Å²) in [6.45, 7) is 0. The summed E-state index contributed by atoms with van der Waals surface area (Å²) >= 11 is 0. The van der Waals surface area contributed by atoms with E-state index in [1.807, 2.05) is 60.7 Å². The topological polar surface area (TPSA) is 62.1 Å². The van der Waals surface area contributed by atoms with Gasteiger partial charge in [0.1, 0.15) is 11.8 Å². The van der Waals surface area contributed by atoms with Crippen molar-refractivity contribution >= 4 is 17.4 Å². The lowest BCUT2D eigenvalue weighted by molar-refractivity contribution is -0.129. The molecule has 0 fully saturated rings. The molecule has 1 aliphatic heterocycles. The van der Waals surface area contributed by atoms with Crippen LogP contribution in [0.25, 0.3) is 16.8 Å². The smallest absolute Gasteiger partial charge is 0.356 e. The first-order chi connectivity index (χ1) is 12.8. The van der Waals surface area contributed by atoms with E-state index in [4.69, 9.17) is 4.74 Å². The fourth-order valence-corrected chi connectivity index (χ4v) is 3.01. The van der Waals surface area contributed by atoms with Gasteiger partial charge in [0.25, 0.3) is 0 Å². The van der Waals surface area contributed by atoms with E-state index in [9.17, 15) is 10.1 Å². The van der Waals surface area contributed by atoms with Crippen LogP contribution >= 0.6 is 0 Å². The van der Waals surface area contributed by atoms with Crippen LogP contribution in [-0.2, 0) is 4.79 Å². The Morgan fingerprint density at radius 2 is 1.42 bits per heavy atom. The molecule has 1 aliphatic rings. The molecule has 124 valence electrons. The van der Waals surface area contributed by atoms with E-state index in [0.717, 1.165) is 22.4 Å². The minimum Gasteiger partial charge on any atom is -0.422 e. The predicted octanol–water partition coefficient (Wildman–Crippen LogP) is 4.62. The van der Waals surface area contributed by atoms with Crippen LogP contribution in [0.15, 0.2) is 84.4 Å². The van der Waals surface area contributed by atoms with E-state index < -0.39 is 5.97 Å². The number of hydrogen-bond acceptors (Lipinski definition) is 4. The summed E-state index contributed by atoms with van der Waals surface area (Å²) in [5.74, 6) is -0.286. The van der Waals surface area contributed by atoms with Crippen molar-refractivity contribution in [3.63, 3.8) is 0 Å². The number of carbonyl (C=O) groups is 1. The van der Waals surface area contributed by atoms with E-state index in [2.05, 4.69) is 5.32 Å². The maximum absolute atomic E-state index is 12.6. The Balaban J connectivity index is 1.82. The van der Waals surface area contributed by atoms with E-state index in [1.54, 1.807) is 24.3 Å². The molecular weight excluding hydrogens is 324 g/mol. The van der Waals surface area contributed by atoms with Crippen LogP contribution in [-0.4, -0.2) is 5.97 Å². The minimum atomic E-state index is -0.685. The van der Waals surface area contributed by atoms with Crippen LogP contribution in [0.3, 0.4) is 0 Å². The van der Waals surface area contributed by atoms with Crippen LogP contribution < -0.4 is 10.1 Å². The van der Waals surface area contributed by atoms with Gasteiger partial charge in [0.2, 0.25) is 0 Å². The minimum absolute atomic E-state index is 0.0594. The number of hydrogen-bond donors (Lipinski definition) is 1. The number of fused-ring (bicyclic) bond motifs is 3. The highest BCUT2D eigenvalue weighted by molar-refractivity contribution is 6.09. The third-order valence-corrected chi connectivity index (χ3v) is 4.19. The lowest BCUT2D eigenvalue weighted by atomic mass is 9.91. The number of nitrogens with one attached hydrogen (secondary N) is 1. The second-order valence-corrected chi connectivity index (χ2v) is 5.78. The number of nitrogens with zero attached hydrogens (tertiary/aromatic N) is 1. The molecule has 0 unspecified atom stereocenters. The predicted molar refractivity (Wildman–Crippen MR) is 100 cm³/mol. The summed E-state index contributed by atoms with van der Waals surface area (Å²) in [6, 6.07) is 26.2. The summed E-state index contributed by atoms with van der Waals surface area (Å²) in [6.07, 6.45) is 0. The second kappa shape index (κ2) is 6.58. The molecular formula is C22H14N2O2. The molecule has 0 saturated heterocycles. The van der Waals surface area contributed by atoms with E-state index >= 15 is 0 Å². The number of rotatable bonds is 2. The monoisotopic (exact) mass is 338 g/mol. The molecule has 3 aromatic rings. The summed E-state index contributed by atoms with van der Waals surface area (Å²) in [5, 5.41) is 12.9. The van der Waals surface area contributed by atoms with Gasteiger partial charge in [-0.05, 0) is 23.8 Å². The number of anilines is 1. The van der Waals surface area contributed by atoms with Crippen molar-refractivity contribution in [2.45, 2.75) is 0 Å². The molecule has 0 radical (unpaired) electrons. The number of para-hydroxylation sites is 2. The van der Waals surface area contributed by atoms with Gasteiger partial charge in [0, 0.05) is 16.8 Å². The molecule has 1 heterocycles. The quantitative estimate of drug-likeness (QED) is 0.320. The Hall–Kier alpha value is -3.84. The molecule has 0 saturated carbocycles. The van der Waals surface area contributed by atoms with Crippen LogP contribution in [0.2, 0.25) is 0 Å². The summed E-state index contributed by atoms with van der Waals surface area (Å²) < 4.78 is 5.36. The maximum atomic E-state index is 12.6. The Labute approximate surface area is 151 Å². The largest absolute Gasteiger partial charge is 0.422 e. The fourth-order valence-electron chi connectivity index (χ4n) is 3.01. The standard InChI is InChI=1S/C22H14N2O2/c23-14-19(22(25)26-15-8-2-1-3-9-15)21-18-12-5-4-10-16(18)17-11-6-7-13-20(17)24-21/h1-13,24H. The maximum Gasteiger partial charge on any atom is 0.356 e. The lowest BCUT2D eigenvalue weighted by Gasteiger charge is -2.24. The van der Waals surface area contributed by atoms with Crippen molar-refractivity contribution in [1.82, 2.24) is 0 Å². The second-order valence-electron chi connectivity index (χ2n) is 5.78. The van der Waals surface area contributed by atoms with E-state index in [-0.39, 0.29) is 5.57 Å². The van der Waals surface area contributed by atoms with Crippen LogP contribution in [0.1, 0.15) is 5.56 Å². The molecule has 4 rings (SSSR count). The van der Waals surface area contributed by atoms with Crippen LogP contribution in [0.5, 0.6) is 5.75 Å². The molecule has 26 heavy (non-hydrogen) atoms. The molecule has 0 amide bonds. The SMILES string of the molecule is N#CC(C(=O)Oc1ccccc1)=C1Nc2ccccc2-c2ccccc21. The fraction of sp³-hybridized carbons (Fsp3) is 0. The van der Waals surface area contributed by atoms with E-state index in [0.29, 0.717) is 11.4 Å². The number of nitriles is 1. The van der Waals surface area contributed by atoms with Gasteiger partial charge in [0.15, 0.2) is 5.57 Å². The van der Waals surface area contributed by atoms with Crippen LogP contribution in [0, 0.1) is 11.3 Å². The molecule has 4 nitrogen and oxygen atoms in total. The van der Waals surface area contributed by atoms with E-state index in [1.165, 1.54) is 0 Å². The van der Waals surface area contributed by atoms with Gasteiger partial charge in [-0.3, -0.25) is 0 Å². The van der Waals surface area contributed by atoms with Crippen molar-refractivity contribution in [3.8, 4) is 22.9 Å². The summed E-state index contributed by atoms with van der Waals surface area (Å²) in [4.78, 5) is 12.6. The van der Waals surface area contributed by atoms with Gasteiger partial charge >= 0.3 is 5.97 Å². The van der Waals surface area contributed by atoms with Crippen molar-refractivity contribution in [1.29, 1.82) is 5.26 Å². The number of esters is 1. The van der Waals surface area contributed by atoms with Gasteiger partial charge in [-0.1, -0.05) is 60.7 Å². The zero-order valence-corrected chi connectivity index (χ0v) is 13.8. The molecule has 0 aromatic heterocycles. The average molecular weight is 338 g/mol. The highest BCUT2D eigenvalue weighted by atomic mass is 16.5. The first-order valence-corrected chi connectivity index (χ1v) is 8.15. The lowest BCUT2D eigenvalue weighted by Crippen LogP contribution is -2.17. The zero-order chi connectivity index (χ0) is 17.9. The molecule has 3 aromatic carbocycles.